The van der Waals surface area contributed by atoms with E-state index in [1.807, 2.05) is 51.2 Å². The summed E-state index contributed by atoms with van der Waals surface area (Å²) in [5, 5.41) is 6.52. The monoisotopic (exact) mass is 458 g/mol. The zero-order valence-electron chi connectivity index (χ0n) is 15.2. The molecule has 0 saturated heterocycles. The molecule has 0 unspecified atom stereocenters. The maximum Gasteiger partial charge on any atom is 0.213 e. The molecule has 0 fully saturated rings. The minimum atomic E-state index is -0.243. The van der Waals surface area contributed by atoms with Crippen molar-refractivity contribution in [3.8, 4) is 5.88 Å². The second-order valence-corrected chi connectivity index (χ2v) is 6.40. The fourth-order valence-electron chi connectivity index (χ4n) is 2.05. The zero-order chi connectivity index (χ0) is 17.4. The Morgan fingerprint density at radius 3 is 2.60 bits per heavy atom. The van der Waals surface area contributed by atoms with Gasteiger partial charge in [-0.1, -0.05) is 6.07 Å². The highest BCUT2D eigenvalue weighted by atomic mass is 127. The number of aromatic nitrogens is 1. The van der Waals surface area contributed by atoms with Gasteiger partial charge in [0.25, 0.3) is 0 Å². The molecule has 0 saturated carbocycles. The summed E-state index contributed by atoms with van der Waals surface area (Å²) in [7, 11) is 1.75. The second kappa shape index (κ2) is 10.3. The van der Waals surface area contributed by atoms with Crippen LogP contribution < -0.4 is 15.4 Å². The second-order valence-electron chi connectivity index (χ2n) is 6.40. The fraction of sp³-hybridized carbons (Fsp3) is 0.444. The van der Waals surface area contributed by atoms with Crippen LogP contribution in [-0.2, 0) is 13.0 Å². The molecular weight excluding hydrogens is 431 g/mol. The number of halogens is 1. The van der Waals surface area contributed by atoms with Crippen molar-refractivity contribution < 1.29 is 9.15 Å². The number of furan rings is 1. The molecule has 0 aliphatic rings. The summed E-state index contributed by atoms with van der Waals surface area (Å²) in [6, 6.07) is 7.74. The third kappa shape index (κ3) is 8.24. The molecular formula is C18H27IN4O2. The summed E-state index contributed by atoms with van der Waals surface area (Å²) in [6.07, 6.45) is 4.31. The molecule has 7 heteroatoms. The number of hydrogen-bond donors (Lipinski definition) is 2. The lowest BCUT2D eigenvalue weighted by Gasteiger charge is -2.20. The standard InChI is InChI=1S/C18H26N4O2.HI/c1-18(2,3)24-16-8-7-14(12-21-16)13-22-17(19-4)20-10-9-15-6-5-11-23-15;/h5-8,11-12H,9-10,13H2,1-4H3,(H2,19,20,22);1H. The topological polar surface area (TPSA) is 71.7 Å². The highest BCUT2D eigenvalue weighted by molar-refractivity contribution is 14.0. The van der Waals surface area contributed by atoms with E-state index in [-0.39, 0.29) is 29.6 Å². The van der Waals surface area contributed by atoms with Gasteiger partial charge in [-0.2, -0.15) is 0 Å². The van der Waals surface area contributed by atoms with Crippen molar-refractivity contribution in [2.24, 2.45) is 4.99 Å². The molecule has 2 N–H and O–H groups in total. The first-order valence-corrected chi connectivity index (χ1v) is 8.07. The van der Waals surface area contributed by atoms with Gasteiger partial charge in [-0.05, 0) is 38.5 Å². The molecule has 0 atom stereocenters. The lowest BCUT2D eigenvalue weighted by atomic mass is 10.2. The third-order valence-corrected chi connectivity index (χ3v) is 3.14. The smallest absolute Gasteiger partial charge is 0.213 e. The Labute approximate surface area is 166 Å². The summed E-state index contributed by atoms with van der Waals surface area (Å²) < 4.78 is 11.0. The van der Waals surface area contributed by atoms with Crippen LogP contribution in [0.3, 0.4) is 0 Å². The molecule has 0 spiro atoms. The van der Waals surface area contributed by atoms with Gasteiger partial charge in [-0.25, -0.2) is 4.98 Å². The van der Waals surface area contributed by atoms with Crippen LogP contribution >= 0.6 is 24.0 Å². The van der Waals surface area contributed by atoms with Crippen molar-refractivity contribution in [2.45, 2.75) is 39.3 Å². The van der Waals surface area contributed by atoms with Gasteiger partial charge in [0, 0.05) is 38.8 Å². The highest BCUT2D eigenvalue weighted by Gasteiger charge is 2.12. The van der Waals surface area contributed by atoms with Crippen LogP contribution in [0, 0.1) is 0 Å². The first-order valence-electron chi connectivity index (χ1n) is 8.07. The number of nitrogens with one attached hydrogen (secondary N) is 2. The molecule has 138 valence electrons. The van der Waals surface area contributed by atoms with Crippen molar-refractivity contribution in [3.05, 3.63) is 48.0 Å². The van der Waals surface area contributed by atoms with E-state index in [4.69, 9.17) is 9.15 Å². The Hall–Kier alpha value is -1.77. The Balaban J connectivity index is 0.00000312. The molecule has 0 amide bonds. The Bertz CT molecular complexity index is 634. The maximum atomic E-state index is 5.72. The van der Waals surface area contributed by atoms with E-state index < -0.39 is 0 Å². The number of guanidine groups is 1. The first kappa shape index (κ1) is 21.3. The van der Waals surface area contributed by atoms with E-state index in [0.717, 1.165) is 30.2 Å². The van der Waals surface area contributed by atoms with Crippen LogP contribution in [0.25, 0.3) is 0 Å². The Kier molecular flexibility index (Phi) is 8.74. The summed E-state index contributed by atoms with van der Waals surface area (Å²) >= 11 is 0. The van der Waals surface area contributed by atoms with Crippen LogP contribution in [0.5, 0.6) is 5.88 Å². The number of aliphatic imine (C=N–C) groups is 1. The Morgan fingerprint density at radius 1 is 1.24 bits per heavy atom. The Morgan fingerprint density at radius 2 is 2.04 bits per heavy atom. The van der Waals surface area contributed by atoms with Gasteiger partial charge in [0.15, 0.2) is 5.96 Å². The van der Waals surface area contributed by atoms with Gasteiger partial charge in [0.2, 0.25) is 5.88 Å². The minimum Gasteiger partial charge on any atom is -0.472 e. The van der Waals surface area contributed by atoms with Crippen molar-refractivity contribution in [2.75, 3.05) is 13.6 Å². The van der Waals surface area contributed by atoms with Crippen molar-refractivity contribution in [1.29, 1.82) is 0 Å². The van der Waals surface area contributed by atoms with E-state index >= 15 is 0 Å². The van der Waals surface area contributed by atoms with Gasteiger partial charge in [0.05, 0.1) is 6.26 Å². The first-order chi connectivity index (χ1) is 11.5. The molecule has 2 aromatic heterocycles. The molecule has 0 aromatic carbocycles. The van der Waals surface area contributed by atoms with Gasteiger partial charge in [-0.15, -0.1) is 24.0 Å². The number of rotatable bonds is 6. The van der Waals surface area contributed by atoms with Crippen LogP contribution in [-0.4, -0.2) is 30.1 Å². The van der Waals surface area contributed by atoms with E-state index in [1.165, 1.54) is 0 Å². The van der Waals surface area contributed by atoms with Gasteiger partial charge in [-0.3, -0.25) is 4.99 Å². The van der Waals surface area contributed by atoms with Crippen LogP contribution in [0.4, 0.5) is 0 Å². The van der Waals surface area contributed by atoms with Gasteiger partial charge < -0.3 is 19.8 Å². The zero-order valence-corrected chi connectivity index (χ0v) is 17.5. The molecule has 6 nitrogen and oxygen atoms in total. The largest absolute Gasteiger partial charge is 0.472 e. The quantitative estimate of drug-likeness (QED) is 0.395. The molecule has 0 bridgehead atoms. The molecule has 2 aromatic rings. The number of hydrogen-bond acceptors (Lipinski definition) is 4. The molecule has 0 aliphatic heterocycles. The van der Waals surface area contributed by atoms with Crippen LogP contribution in [0.15, 0.2) is 46.1 Å². The normalized spacial score (nSPS) is 11.6. The molecule has 2 rings (SSSR count). The van der Waals surface area contributed by atoms with E-state index in [9.17, 15) is 0 Å². The van der Waals surface area contributed by atoms with E-state index in [1.54, 1.807) is 13.3 Å². The lowest BCUT2D eigenvalue weighted by molar-refractivity contribution is 0.124. The average Bonchev–Trinajstić information content (AvgIpc) is 3.04. The molecule has 0 aliphatic carbocycles. The van der Waals surface area contributed by atoms with Crippen LogP contribution in [0.1, 0.15) is 32.1 Å². The van der Waals surface area contributed by atoms with E-state index in [0.29, 0.717) is 12.4 Å². The minimum absolute atomic E-state index is 0. The third-order valence-electron chi connectivity index (χ3n) is 3.14. The van der Waals surface area contributed by atoms with E-state index in [2.05, 4.69) is 20.6 Å². The number of nitrogens with zero attached hydrogens (tertiary/aromatic N) is 2. The fourth-order valence-corrected chi connectivity index (χ4v) is 2.05. The van der Waals surface area contributed by atoms with Gasteiger partial charge in [0.1, 0.15) is 11.4 Å². The van der Waals surface area contributed by atoms with Gasteiger partial charge >= 0.3 is 0 Å². The lowest BCUT2D eigenvalue weighted by Crippen LogP contribution is -2.37. The SMILES string of the molecule is CN=C(NCCc1ccco1)NCc1ccc(OC(C)(C)C)nc1.I. The van der Waals surface area contributed by atoms with Crippen LogP contribution in [0.2, 0.25) is 0 Å². The summed E-state index contributed by atoms with van der Waals surface area (Å²) in [4.78, 5) is 8.54. The average molecular weight is 458 g/mol. The predicted molar refractivity (Wildman–Crippen MR) is 111 cm³/mol. The molecule has 2 heterocycles. The molecule has 0 radical (unpaired) electrons. The maximum absolute atomic E-state index is 5.72. The molecule has 25 heavy (non-hydrogen) atoms. The van der Waals surface area contributed by atoms with Crippen molar-refractivity contribution in [3.63, 3.8) is 0 Å². The number of ether oxygens (including phenoxy) is 1. The summed E-state index contributed by atoms with van der Waals surface area (Å²) in [5.74, 6) is 2.33. The summed E-state index contributed by atoms with van der Waals surface area (Å²) in [5.41, 5.74) is 0.817. The van der Waals surface area contributed by atoms with Crippen molar-refractivity contribution >= 4 is 29.9 Å². The van der Waals surface area contributed by atoms with Crippen molar-refractivity contribution in [1.82, 2.24) is 15.6 Å². The predicted octanol–water partition coefficient (Wildman–Crippen LogP) is 3.38. The number of pyridine rings is 1. The summed E-state index contributed by atoms with van der Waals surface area (Å²) in [6.45, 7) is 7.40. The highest BCUT2D eigenvalue weighted by Crippen LogP contribution is 2.15.